The molecule has 0 spiro atoms. The van der Waals surface area contributed by atoms with Crippen molar-refractivity contribution in [1.29, 1.82) is 0 Å². The van der Waals surface area contributed by atoms with Crippen molar-refractivity contribution < 1.29 is 4.74 Å². The molecular formula is C20H23N3OS. The molecule has 0 N–H and O–H groups in total. The molecule has 4 nitrogen and oxygen atoms in total. The van der Waals surface area contributed by atoms with Gasteiger partial charge in [-0.1, -0.05) is 24.3 Å². The summed E-state index contributed by atoms with van der Waals surface area (Å²) in [6.45, 7) is 6.37. The van der Waals surface area contributed by atoms with E-state index in [9.17, 15) is 0 Å². The molecule has 1 atom stereocenters. The number of aromatic nitrogens is 1. The molecule has 0 unspecified atom stereocenters. The van der Waals surface area contributed by atoms with Crippen molar-refractivity contribution >= 4 is 27.2 Å². The second-order valence-corrected chi connectivity index (χ2v) is 7.45. The van der Waals surface area contributed by atoms with Crippen LogP contribution in [0.4, 0.5) is 5.69 Å². The summed E-state index contributed by atoms with van der Waals surface area (Å²) in [6, 6.07) is 17.0. The second kappa shape index (κ2) is 7.02. The number of rotatable bonds is 4. The van der Waals surface area contributed by atoms with E-state index >= 15 is 0 Å². The maximum Gasteiger partial charge on any atom is 0.142 e. The highest BCUT2D eigenvalue weighted by Gasteiger charge is 2.25. The maximum absolute atomic E-state index is 5.51. The van der Waals surface area contributed by atoms with Gasteiger partial charge >= 0.3 is 0 Å². The zero-order valence-electron chi connectivity index (χ0n) is 14.7. The fourth-order valence-electron chi connectivity index (χ4n) is 3.47. The van der Waals surface area contributed by atoms with Crippen LogP contribution < -0.4 is 9.64 Å². The molecule has 4 rings (SSSR count). The zero-order chi connectivity index (χ0) is 17.2. The van der Waals surface area contributed by atoms with Crippen LogP contribution in [-0.2, 0) is 0 Å². The van der Waals surface area contributed by atoms with Crippen LogP contribution in [0.3, 0.4) is 0 Å². The lowest BCUT2D eigenvalue weighted by Gasteiger charge is -2.38. The van der Waals surface area contributed by atoms with E-state index in [1.54, 1.807) is 7.11 Å². The lowest BCUT2D eigenvalue weighted by Crippen LogP contribution is -2.47. The minimum absolute atomic E-state index is 0.359. The predicted octanol–water partition coefficient (Wildman–Crippen LogP) is 4.19. The molecule has 0 amide bonds. The van der Waals surface area contributed by atoms with Gasteiger partial charge in [-0.05, 0) is 31.2 Å². The van der Waals surface area contributed by atoms with Gasteiger partial charge in [-0.25, -0.2) is 4.98 Å². The highest BCUT2D eigenvalue weighted by molar-refractivity contribution is 7.18. The first-order valence-electron chi connectivity index (χ1n) is 8.74. The van der Waals surface area contributed by atoms with Crippen molar-refractivity contribution in [1.82, 2.24) is 9.88 Å². The summed E-state index contributed by atoms with van der Waals surface area (Å²) in [5.41, 5.74) is 2.30. The first kappa shape index (κ1) is 16.4. The Bertz CT molecular complexity index is 822. The molecule has 1 aliphatic heterocycles. The lowest BCUT2D eigenvalue weighted by atomic mass is 10.2. The van der Waals surface area contributed by atoms with E-state index in [1.165, 1.54) is 15.4 Å². The van der Waals surface area contributed by atoms with E-state index in [1.807, 2.05) is 23.5 Å². The number of benzene rings is 2. The Balaban J connectivity index is 1.46. The van der Waals surface area contributed by atoms with Gasteiger partial charge in [0.2, 0.25) is 0 Å². The van der Waals surface area contributed by atoms with Crippen molar-refractivity contribution in [3.8, 4) is 5.75 Å². The molecule has 2 heterocycles. The normalized spacial score (nSPS) is 17.0. The van der Waals surface area contributed by atoms with Crippen molar-refractivity contribution in [2.24, 2.45) is 0 Å². The number of hydrogen-bond donors (Lipinski definition) is 0. The molecule has 0 bridgehead atoms. The number of hydrogen-bond acceptors (Lipinski definition) is 5. The third kappa shape index (κ3) is 3.22. The van der Waals surface area contributed by atoms with Crippen LogP contribution in [0.15, 0.2) is 48.5 Å². The van der Waals surface area contributed by atoms with Gasteiger partial charge in [0.25, 0.3) is 0 Å². The van der Waals surface area contributed by atoms with E-state index in [4.69, 9.17) is 9.72 Å². The van der Waals surface area contributed by atoms with Crippen molar-refractivity contribution in [2.75, 3.05) is 38.2 Å². The highest BCUT2D eigenvalue weighted by Crippen LogP contribution is 2.32. The predicted molar refractivity (Wildman–Crippen MR) is 105 cm³/mol. The molecule has 2 aromatic carbocycles. The Labute approximate surface area is 152 Å². The molecule has 3 aromatic rings. The smallest absolute Gasteiger partial charge is 0.142 e. The molecule has 0 saturated carbocycles. The van der Waals surface area contributed by atoms with Crippen LogP contribution >= 0.6 is 11.3 Å². The average Bonchev–Trinajstić information content (AvgIpc) is 3.12. The third-order valence-corrected chi connectivity index (χ3v) is 6.16. The molecule has 5 heteroatoms. The topological polar surface area (TPSA) is 28.6 Å². The van der Waals surface area contributed by atoms with Gasteiger partial charge in [0.05, 0.1) is 29.1 Å². The Kier molecular flexibility index (Phi) is 4.59. The van der Waals surface area contributed by atoms with Crippen LogP contribution in [0.1, 0.15) is 18.0 Å². The summed E-state index contributed by atoms with van der Waals surface area (Å²) in [7, 11) is 1.74. The van der Waals surface area contributed by atoms with Crippen molar-refractivity contribution in [2.45, 2.75) is 13.0 Å². The van der Waals surface area contributed by atoms with Crippen LogP contribution in [0, 0.1) is 0 Å². The summed E-state index contributed by atoms with van der Waals surface area (Å²) in [6.07, 6.45) is 0. The molecule has 25 heavy (non-hydrogen) atoms. The van der Waals surface area contributed by atoms with Gasteiger partial charge < -0.3 is 9.64 Å². The number of thiazole rings is 1. The van der Waals surface area contributed by atoms with Gasteiger partial charge in [0.15, 0.2) is 0 Å². The van der Waals surface area contributed by atoms with Gasteiger partial charge in [-0.15, -0.1) is 11.3 Å². The van der Waals surface area contributed by atoms with Crippen molar-refractivity contribution in [3.05, 3.63) is 53.5 Å². The molecule has 1 aliphatic rings. The number of methoxy groups -OCH3 is 1. The van der Waals surface area contributed by atoms with Crippen molar-refractivity contribution in [3.63, 3.8) is 0 Å². The van der Waals surface area contributed by atoms with Gasteiger partial charge in [0.1, 0.15) is 10.8 Å². The van der Waals surface area contributed by atoms with E-state index in [2.05, 4.69) is 53.1 Å². The number of fused-ring (bicyclic) bond motifs is 1. The number of ether oxygens (including phenoxy) is 1. The first-order valence-corrected chi connectivity index (χ1v) is 9.55. The minimum Gasteiger partial charge on any atom is -0.495 e. The summed E-state index contributed by atoms with van der Waals surface area (Å²) < 4.78 is 6.79. The Morgan fingerprint density at radius 2 is 1.72 bits per heavy atom. The Hall–Kier alpha value is -2.11. The minimum atomic E-state index is 0.359. The summed E-state index contributed by atoms with van der Waals surface area (Å²) in [4.78, 5) is 9.78. The standard InChI is InChI=1S/C20H23N3OS/c1-15(20-21-16-7-3-6-10-19(16)25-20)22-11-13-23(14-12-22)17-8-4-5-9-18(17)24-2/h3-10,15H,11-14H2,1-2H3/t15-/m0/s1. The quantitative estimate of drug-likeness (QED) is 0.703. The first-order chi connectivity index (χ1) is 12.3. The second-order valence-electron chi connectivity index (χ2n) is 6.39. The monoisotopic (exact) mass is 353 g/mol. The fraction of sp³-hybridized carbons (Fsp3) is 0.350. The summed E-state index contributed by atoms with van der Waals surface area (Å²) in [5, 5.41) is 1.21. The zero-order valence-corrected chi connectivity index (χ0v) is 15.5. The van der Waals surface area contributed by atoms with E-state index in [0.717, 1.165) is 37.4 Å². The van der Waals surface area contributed by atoms with Crippen LogP contribution in [0.5, 0.6) is 5.75 Å². The molecule has 0 radical (unpaired) electrons. The van der Waals surface area contributed by atoms with Gasteiger partial charge in [-0.2, -0.15) is 0 Å². The highest BCUT2D eigenvalue weighted by atomic mass is 32.1. The molecule has 130 valence electrons. The molecule has 1 saturated heterocycles. The summed E-state index contributed by atoms with van der Waals surface area (Å²) in [5.74, 6) is 0.954. The third-order valence-electron chi connectivity index (χ3n) is 4.96. The lowest BCUT2D eigenvalue weighted by molar-refractivity contribution is 0.198. The van der Waals surface area contributed by atoms with E-state index in [0.29, 0.717) is 6.04 Å². The van der Waals surface area contributed by atoms with Gasteiger partial charge in [-0.3, -0.25) is 4.90 Å². The molecule has 1 aromatic heterocycles. The number of nitrogens with zero attached hydrogens (tertiary/aromatic N) is 3. The molecular weight excluding hydrogens is 330 g/mol. The van der Waals surface area contributed by atoms with Crippen LogP contribution in [0.2, 0.25) is 0 Å². The van der Waals surface area contributed by atoms with Crippen LogP contribution in [0.25, 0.3) is 10.2 Å². The van der Waals surface area contributed by atoms with Crippen LogP contribution in [-0.4, -0.2) is 43.2 Å². The van der Waals surface area contributed by atoms with E-state index < -0.39 is 0 Å². The number of para-hydroxylation sites is 3. The number of piperazine rings is 1. The fourth-order valence-corrected chi connectivity index (χ4v) is 4.52. The average molecular weight is 353 g/mol. The van der Waals surface area contributed by atoms with E-state index in [-0.39, 0.29) is 0 Å². The SMILES string of the molecule is COc1ccccc1N1CCN([C@@H](C)c2nc3ccccc3s2)CC1. The van der Waals surface area contributed by atoms with Gasteiger partial charge in [0, 0.05) is 26.2 Å². The largest absolute Gasteiger partial charge is 0.495 e. The molecule has 0 aliphatic carbocycles. The summed E-state index contributed by atoms with van der Waals surface area (Å²) >= 11 is 1.82. The Morgan fingerprint density at radius 1 is 1.00 bits per heavy atom. The molecule has 1 fully saturated rings. The number of anilines is 1. The maximum atomic E-state index is 5.51. The Morgan fingerprint density at radius 3 is 2.48 bits per heavy atom.